The predicted molar refractivity (Wildman–Crippen MR) is 67.7 cm³/mol. The highest BCUT2D eigenvalue weighted by atomic mass is 79.9. The molecule has 1 aromatic rings. The van der Waals surface area contributed by atoms with Gasteiger partial charge in [0, 0.05) is 10.0 Å². The molecule has 0 aliphatic heterocycles. The summed E-state index contributed by atoms with van der Waals surface area (Å²) in [5.41, 5.74) is 0.541. The fourth-order valence-corrected chi connectivity index (χ4v) is 1.83. The summed E-state index contributed by atoms with van der Waals surface area (Å²) in [4.78, 5) is 0. The highest BCUT2D eigenvalue weighted by Crippen LogP contribution is 2.29. The van der Waals surface area contributed by atoms with E-state index in [0.717, 1.165) is 6.42 Å². The van der Waals surface area contributed by atoms with Crippen molar-refractivity contribution in [3.05, 3.63) is 34.1 Å². The lowest BCUT2D eigenvalue weighted by molar-refractivity contribution is 0.143. The number of aliphatic hydroxyl groups is 1. The van der Waals surface area contributed by atoms with E-state index in [4.69, 9.17) is 0 Å². The van der Waals surface area contributed by atoms with Crippen LogP contribution in [0.15, 0.2) is 22.7 Å². The molecule has 1 unspecified atom stereocenters. The van der Waals surface area contributed by atoms with Crippen molar-refractivity contribution in [3.63, 3.8) is 0 Å². The van der Waals surface area contributed by atoms with Crippen molar-refractivity contribution in [1.29, 1.82) is 0 Å². The molecule has 0 heterocycles. The Morgan fingerprint density at radius 2 is 2.00 bits per heavy atom. The molecule has 0 amide bonds. The van der Waals surface area contributed by atoms with Gasteiger partial charge in [0.25, 0.3) is 0 Å². The third kappa shape index (κ3) is 4.22. The van der Waals surface area contributed by atoms with Gasteiger partial charge < -0.3 is 5.11 Å². The third-order valence-electron chi connectivity index (χ3n) is 2.49. The molecule has 1 aromatic carbocycles. The van der Waals surface area contributed by atoms with Crippen LogP contribution in [0.5, 0.6) is 0 Å². The number of aliphatic hydroxyl groups excluding tert-OH is 1. The first kappa shape index (κ1) is 13.7. The molecule has 1 atom stereocenters. The van der Waals surface area contributed by atoms with Crippen molar-refractivity contribution in [2.75, 3.05) is 0 Å². The van der Waals surface area contributed by atoms with Gasteiger partial charge in [0.05, 0.1) is 6.10 Å². The predicted octanol–water partition coefficient (Wildman–Crippen LogP) is 4.45. The monoisotopic (exact) mass is 288 g/mol. The molecule has 0 fully saturated rings. The number of benzene rings is 1. The summed E-state index contributed by atoms with van der Waals surface area (Å²) in [7, 11) is 0. The van der Waals surface area contributed by atoms with E-state index in [2.05, 4.69) is 36.7 Å². The molecule has 0 aliphatic rings. The van der Waals surface area contributed by atoms with Gasteiger partial charge in [0.1, 0.15) is 5.82 Å². The molecular weight excluding hydrogens is 271 g/mol. The van der Waals surface area contributed by atoms with Crippen LogP contribution < -0.4 is 0 Å². The van der Waals surface area contributed by atoms with Crippen LogP contribution in [0, 0.1) is 11.2 Å². The topological polar surface area (TPSA) is 20.2 Å². The Bertz CT molecular complexity index is 357. The Morgan fingerprint density at radius 3 is 2.50 bits per heavy atom. The largest absolute Gasteiger partial charge is 0.388 e. The van der Waals surface area contributed by atoms with Crippen LogP contribution in [-0.2, 0) is 0 Å². The van der Waals surface area contributed by atoms with Crippen molar-refractivity contribution in [3.8, 4) is 0 Å². The van der Waals surface area contributed by atoms with E-state index < -0.39 is 6.10 Å². The SMILES string of the molecule is CC(C)(C)CCC(O)c1ccc(Br)cc1F. The lowest BCUT2D eigenvalue weighted by Gasteiger charge is -2.20. The summed E-state index contributed by atoms with van der Waals surface area (Å²) in [6.07, 6.45) is 0.735. The second kappa shape index (κ2) is 5.28. The standard InChI is InChI=1S/C13H18BrFO/c1-13(2,3)7-6-12(16)10-5-4-9(14)8-11(10)15/h4-5,8,12,16H,6-7H2,1-3H3. The zero-order valence-corrected chi connectivity index (χ0v) is 11.5. The van der Waals surface area contributed by atoms with Crippen LogP contribution in [0.4, 0.5) is 4.39 Å². The summed E-state index contributed by atoms with van der Waals surface area (Å²) in [6.45, 7) is 6.33. The van der Waals surface area contributed by atoms with Crippen molar-refractivity contribution in [2.24, 2.45) is 5.41 Å². The number of rotatable bonds is 3. The van der Waals surface area contributed by atoms with Crippen LogP contribution in [0.1, 0.15) is 45.3 Å². The Hall–Kier alpha value is -0.410. The van der Waals surface area contributed by atoms with Crippen LogP contribution in [0.2, 0.25) is 0 Å². The molecule has 0 aliphatic carbocycles. The molecular formula is C13H18BrFO. The first-order valence-electron chi connectivity index (χ1n) is 5.42. The number of hydrogen-bond donors (Lipinski definition) is 1. The molecule has 0 spiro atoms. The lowest BCUT2D eigenvalue weighted by Crippen LogP contribution is -2.09. The average molecular weight is 289 g/mol. The Kier molecular flexibility index (Phi) is 4.51. The van der Waals surface area contributed by atoms with E-state index in [1.807, 2.05) is 0 Å². The van der Waals surface area contributed by atoms with Gasteiger partial charge >= 0.3 is 0 Å². The zero-order valence-electron chi connectivity index (χ0n) is 9.93. The number of halogens is 2. The van der Waals surface area contributed by atoms with Gasteiger partial charge in [0.2, 0.25) is 0 Å². The molecule has 90 valence electrons. The van der Waals surface area contributed by atoms with Crippen LogP contribution in [0.25, 0.3) is 0 Å². The summed E-state index contributed by atoms with van der Waals surface area (Å²) in [6, 6.07) is 4.76. The quantitative estimate of drug-likeness (QED) is 0.871. The highest BCUT2D eigenvalue weighted by molar-refractivity contribution is 9.10. The van der Waals surface area contributed by atoms with E-state index in [-0.39, 0.29) is 11.2 Å². The van der Waals surface area contributed by atoms with Gasteiger partial charge in [-0.3, -0.25) is 0 Å². The fraction of sp³-hybridized carbons (Fsp3) is 0.538. The summed E-state index contributed by atoms with van der Waals surface area (Å²) in [5.74, 6) is -0.351. The minimum absolute atomic E-state index is 0.160. The molecule has 0 saturated carbocycles. The zero-order chi connectivity index (χ0) is 12.3. The van der Waals surface area contributed by atoms with Crippen LogP contribution >= 0.6 is 15.9 Å². The number of hydrogen-bond acceptors (Lipinski definition) is 1. The van der Waals surface area contributed by atoms with E-state index in [1.54, 1.807) is 12.1 Å². The summed E-state index contributed by atoms with van der Waals surface area (Å²) < 4.78 is 14.2. The maximum atomic E-state index is 13.5. The molecule has 0 saturated heterocycles. The van der Waals surface area contributed by atoms with Crippen molar-refractivity contribution >= 4 is 15.9 Å². The Labute approximate surface area is 105 Å². The fourth-order valence-electron chi connectivity index (χ4n) is 1.50. The molecule has 1 rings (SSSR count). The normalized spacial score (nSPS) is 13.9. The maximum absolute atomic E-state index is 13.5. The van der Waals surface area contributed by atoms with E-state index in [0.29, 0.717) is 16.5 Å². The van der Waals surface area contributed by atoms with Gasteiger partial charge in [-0.1, -0.05) is 42.8 Å². The highest BCUT2D eigenvalue weighted by Gasteiger charge is 2.17. The van der Waals surface area contributed by atoms with E-state index in [9.17, 15) is 9.50 Å². The molecule has 0 aromatic heterocycles. The first-order chi connectivity index (χ1) is 7.29. The Morgan fingerprint density at radius 1 is 1.38 bits per heavy atom. The van der Waals surface area contributed by atoms with Crippen LogP contribution in [0.3, 0.4) is 0 Å². The van der Waals surface area contributed by atoms with Crippen molar-refractivity contribution in [1.82, 2.24) is 0 Å². The van der Waals surface area contributed by atoms with E-state index in [1.165, 1.54) is 6.07 Å². The van der Waals surface area contributed by atoms with E-state index >= 15 is 0 Å². The lowest BCUT2D eigenvalue weighted by atomic mass is 9.88. The third-order valence-corrected chi connectivity index (χ3v) is 2.98. The first-order valence-corrected chi connectivity index (χ1v) is 6.22. The molecule has 0 radical (unpaired) electrons. The molecule has 1 nitrogen and oxygen atoms in total. The molecule has 16 heavy (non-hydrogen) atoms. The van der Waals surface area contributed by atoms with Crippen molar-refractivity contribution < 1.29 is 9.50 Å². The minimum atomic E-state index is -0.715. The maximum Gasteiger partial charge on any atom is 0.130 e. The second-order valence-corrected chi connectivity index (χ2v) is 6.20. The Balaban J connectivity index is 2.70. The summed E-state index contributed by atoms with van der Waals surface area (Å²) in [5, 5.41) is 9.90. The van der Waals surface area contributed by atoms with Crippen molar-refractivity contribution in [2.45, 2.75) is 39.7 Å². The van der Waals surface area contributed by atoms with Gasteiger partial charge in [0.15, 0.2) is 0 Å². The molecule has 1 N–H and O–H groups in total. The molecule has 3 heteroatoms. The van der Waals surface area contributed by atoms with Gasteiger partial charge in [-0.15, -0.1) is 0 Å². The smallest absolute Gasteiger partial charge is 0.130 e. The summed E-state index contributed by atoms with van der Waals surface area (Å²) >= 11 is 3.19. The van der Waals surface area contributed by atoms with Gasteiger partial charge in [-0.05, 0) is 30.4 Å². The molecule has 0 bridgehead atoms. The minimum Gasteiger partial charge on any atom is -0.388 e. The second-order valence-electron chi connectivity index (χ2n) is 5.28. The van der Waals surface area contributed by atoms with Crippen LogP contribution in [-0.4, -0.2) is 5.11 Å². The van der Waals surface area contributed by atoms with Gasteiger partial charge in [-0.25, -0.2) is 4.39 Å². The average Bonchev–Trinajstić information content (AvgIpc) is 2.13. The van der Waals surface area contributed by atoms with Gasteiger partial charge in [-0.2, -0.15) is 0 Å².